The van der Waals surface area contributed by atoms with E-state index in [4.69, 9.17) is 5.73 Å². The van der Waals surface area contributed by atoms with Crippen molar-refractivity contribution in [3.05, 3.63) is 59.3 Å². The van der Waals surface area contributed by atoms with E-state index in [1.54, 1.807) is 24.0 Å². The molecule has 1 amide bonds. The van der Waals surface area contributed by atoms with E-state index >= 15 is 0 Å². The van der Waals surface area contributed by atoms with Gasteiger partial charge in [0.1, 0.15) is 5.82 Å². The van der Waals surface area contributed by atoms with Crippen LogP contribution < -0.4 is 5.73 Å². The molecule has 0 spiro atoms. The smallest absolute Gasteiger partial charge is 0.254 e. The highest BCUT2D eigenvalue weighted by molar-refractivity contribution is 5.95. The molecule has 0 saturated heterocycles. The van der Waals surface area contributed by atoms with Crippen LogP contribution in [0.15, 0.2) is 42.5 Å². The summed E-state index contributed by atoms with van der Waals surface area (Å²) in [6, 6.07) is 12.9. The molecule has 3 N–H and O–H groups in total. The van der Waals surface area contributed by atoms with Gasteiger partial charge in [-0.15, -0.1) is 0 Å². The summed E-state index contributed by atoms with van der Waals surface area (Å²) in [5, 5.41) is 9.19. The first-order chi connectivity index (χ1) is 10.1. The molecule has 1 aromatic carbocycles. The molecule has 0 aliphatic carbocycles. The van der Waals surface area contributed by atoms with Crippen molar-refractivity contribution in [2.24, 2.45) is 0 Å². The Balaban J connectivity index is 2.22. The summed E-state index contributed by atoms with van der Waals surface area (Å²) in [6.45, 7) is 2.43. The van der Waals surface area contributed by atoms with Gasteiger partial charge in [-0.05, 0) is 24.6 Å². The van der Waals surface area contributed by atoms with Gasteiger partial charge in [-0.2, -0.15) is 0 Å². The number of anilines is 1. The van der Waals surface area contributed by atoms with Crippen molar-refractivity contribution in [2.45, 2.75) is 13.5 Å². The number of aliphatic hydroxyl groups is 1. The molecule has 5 nitrogen and oxygen atoms in total. The SMILES string of the molecule is Cc1cc(C(=O)N(CCO)Cc2ccccc2)cc(N)n1. The number of amides is 1. The number of benzene rings is 1. The molecule has 0 radical (unpaired) electrons. The van der Waals surface area contributed by atoms with Crippen LogP contribution in [0.25, 0.3) is 0 Å². The molecule has 0 aliphatic heterocycles. The Morgan fingerprint density at radius 2 is 2.00 bits per heavy atom. The van der Waals surface area contributed by atoms with Crippen LogP contribution in [0.1, 0.15) is 21.6 Å². The van der Waals surface area contributed by atoms with Crippen LogP contribution in [0.4, 0.5) is 5.82 Å². The minimum Gasteiger partial charge on any atom is -0.395 e. The highest BCUT2D eigenvalue weighted by Gasteiger charge is 2.16. The topological polar surface area (TPSA) is 79.5 Å². The van der Waals surface area contributed by atoms with E-state index < -0.39 is 0 Å². The molecule has 0 aliphatic rings. The zero-order valence-electron chi connectivity index (χ0n) is 12.0. The molecule has 0 bridgehead atoms. The van der Waals surface area contributed by atoms with Gasteiger partial charge in [0, 0.05) is 24.3 Å². The van der Waals surface area contributed by atoms with Gasteiger partial charge >= 0.3 is 0 Å². The Kier molecular flexibility index (Phi) is 4.90. The average molecular weight is 285 g/mol. The largest absolute Gasteiger partial charge is 0.395 e. The summed E-state index contributed by atoms with van der Waals surface area (Å²) in [5.41, 5.74) is 7.89. The lowest BCUT2D eigenvalue weighted by Gasteiger charge is -2.22. The van der Waals surface area contributed by atoms with Crippen molar-refractivity contribution in [3.8, 4) is 0 Å². The van der Waals surface area contributed by atoms with Crippen molar-refractivity contribution in [3.63, 3.8) is 0 Å². The van der Waals surface area contributed by atoms with Gasteiger partial charge in [0.2, 0.25) is 0 Å². The lowest BCUT2D eigenvalue weighted by molar-refractivity contribution is 0.0707. The number of nitrogen functional groups attached to an aromatic ring is 1. The maximum absolute atomic E-state index is 12.6. The molecule has 21 heavy (non-hydrogen) atoms. The summed E-state index contributed by atoms with van der Waals surface area (Å²) < 4.78 is 0. The monoisotopic (exact) mass is 285 g/mol. The summed E-state index contributed by atoms with van der Waals surface area (Å²) in [4.78, 5) is 18.2. The molecule has 0 saturated carbocycles. The summed E-state index contributed by atoms with van der Waals surface area (Å²) >= 11 is 0. The Labute approximate surface area is 124 Å². The highest BCUT2D eigenvalue weighted by Crippen LogP contribution is 2.13. The maximum Gasteiger partial charge on any atom is 0.254 e. The molecular formula is C16H19N3O2. The quantitative estimate of drug-likeness (QED) is 0.874. The van der Waals surface area contributed by atoms with Crippen molar-refractivity contribution in [2.75, 3.05) is 18.9 Å². The highest BCUT2D eigenvalue weighted by atomic mass is 16.3. The van der Waals surface area contributed by atoms with Crippen LogP contribution in [0.5, 0.6) is 0 Å². The van der Waals surface area contributed by atoms with Gasteiger partial charge in [0.05, 0.1) is 6.61 Å². The van der Waals surface area contributed by atoms with Crippen molar-refractivity contribution in [1.82, 2.24) is 9.88 Å². The number of nitrogens with zero attached hydrogens (tertiary/aromatic N) is 2. The zero-order valence-corrected chi connectivity index (χ0v) is 12.0. The predicted molar refractivity (Wildman–Crippen MR) is 81.7 cm³/mol. The Hall–Kier alpha value is -2.40. The average Bonchev–Trinajstić information content (AvgIpc) is 2.46. The molecule has 2 rings (SSSR count). The van der Waals surface area contributed by atoms with Crippen LogP contribution in [-0.2, 0) is 6.54 Å². The summed E-state index contributed by atoms with van der Waals surface area (Å²) in [7, 11) is 0. The molecule has 5 heteroatoms. The summed E-state index contributed by atoms with van der Waals surface area (Å²) in [6.07, 6.45) is 0. The number of carbonyl (C=O) groups is 1. The van der Waals surface area contributed by atoms with Crippen LogP contribution >= 0.6 is 0 Å². The van der Waals surface area contributed by atoms with Crippen LogP contribution in [0.2, 0.25) is 0 Å². The minimum absolute atomic E-state index is 0.0852. The van der Waals surface area contributed by atoms with Gasteiger partial charge in [-0.25, -0.2) is 4.98 Å². The third kappa shape index (κ3) is 4.03. The summed E-state index contributed by atoms with van der Waals surface area (Å²) in [5.74, 6) is 0.159. The second kappa shape index (κ2) is 6.85. The van der Waals surface area contributed by atoms with Gasteiger partial charge in [0.15, 0.2) is 0 Å². The number of rotatable bonds is 5. The third-order valence-corrected chi connectivity index (χ3v) is 3.09. The zero-order chi connectivity index (χ0) is 15.2. The minimum atomic E-state index is -0.162. The van der Waals surface area contributed by atoms with E-state index in [9.17, 15) is 9.90 Å². The first kappa shape index (κ1) is 15.0. The fourth-order valence-electron chi connectivity index (χ4n) is 2.18. The molecule has 1 aromatic heterocycles. The van der Waals surface area contributed by atoms with Crippen LogP contribution in [0, 0.1) is 6.92 Å². The normalized spacial score (nSPS) is 10.4. The maximum atomic E-state index is 12.6. The molecule has 0 fully saturated rings. The van der Waals surface area contributed by atoms with E-state index in [0.717, 1.165) is 5.56 Å². The number of aliphatic hydroxyl groups excluding tert-OH is 1. The number of hydrogen-bond donors (Lipinski definition) is 2. The van der Waals surface area contributed by atoms with Gasteiger partial charge in [-0.1, -0.05) is 30.3 Å². The van der Waals surface area contributed by atoms with Gasteiger partial charge < -0.3 is 15.7 Å². The number of hydrogen-bond acceptors (Lipinski definition) is 4. The van der Waals surface area contributed by atoms with E-state index in [1.165, 1.54) is 0 Å². The number of pyridine rings is 1. The van der Waals surface area contributed by atoms with E-state index in [2.05, 4.69) is 4.98 Å². The number of aromatic nitrogens is 1. The third-order valence-electron chi connectivity index (χ3n) is 3.09. The first-order valence-corrected chi connectivity index (χ1v) is 6.78. The fourth-order valence-corrected chi connectivity index (χ4v) is 2.18. The first-order valence-electron chi connectivity index (χ1n) is 6.78. The van der Waals surface area contributed by atoms with Crippen LogP contribution in [0.3, 0.4) is 0 Å². The lowest BCUT2D eigenvalue weighted by atomic mass is 10.1. The lowest BCUT2D eigenvalue weighted by Crippen LogP contribution is -2.33. The number of carbonyl (C=O) groups excluding carboxylic acids is 1. The molecule has 1 heterocycles. The Morgan fingerprint density at radius 1 is 1.29 bits per heavy atom. The van der Waals surface area contributed by atoms with Crippen molar-refractivity contribution < 1.29 is 9.90 Å². The van der Waals surface area contributed by atoms with Crippen molar-refractivity contribution in [1.29, 1.82) is 0 Å². The van der Waals surface area contributed by atoms with Gasteiger partial charge in [0.25, 0.3) is 5.91 Å². The van der Waals surface area contributed by atoms with E-state index in [-0.39, 0.29) is 19.1 Å². The number of aryl methyl sites for hydroxylation is 1. The molecular weight excluding hydrogens is 266 g/mol. The standard InChI is InChI=1S/C16H19N3O2/c1-12-9-14(10-15(17)18-12)16(21)19(7-8-20)11-13-5-3-2-4-6-13/h2-6,9-10,20H,7-8,11H2,1H3,(H2,17,18). The Bertz CT molecular complexity index is 594. The molecule has 110 valence electrons. The second-order valence-corrected chi connectivity index (χ2v) is 4.86. The molecule has 0 unspecified atom stereocenters. The predicted octanol–water partition coefficient (Wildman–Crippen LogP) is 1.61. The molecule has 0 atom stereocenters. The van der Waals surface area contributed by atoms with Gasteiger partial charge in [-0.3, -0.25) is 4.79 Å². The van der Waals surface area contributed by atoms with Crippen molar-refractivity contribution >= 4 is 11.7 Å². The fraction of sp³-hybridized carbons (Fsp3) is 0.250. The van der Waals surface area contributed by atoms with Crippen LogP contribution in [-0.4, -0.2) is 34.0 Å². The van der Waals surface area contributed by atoms with E-state index in [1.807, 2.05) is 30.3 Å². The molecule has 2 aromatic rings. The number of nitrogens with two attached hydrogens (primary N) is 1. The second-order valence-electron chi connectivity index (χ2n) is 4.86. The Morgan fingerprint density at radius 3 is 2.62 bits per heavy atom. The van der Waals surface area contributed by atoms with E-state index in [0.29, 0.717) is 23.6 Å².